The summed E-state index contributed by atoms with van der Waals surface area (Å²) < 4.78 is 49.6. The quantitative estimate of drug-likeness (QED) is 0.464. The van der Waals surface area contributed by atoms with Crippen LogP contribution in [0.5, 0.6) is 0 Å². The molecule has 192 valence electrons. The minimum atomic E-state index is -1.08. The van der Waals surface area contributed by atoms with Crippen LogP contribution in [0.2, 0.25) is 0 Å². The molecule has 1 aliphatic heterocycles. The molecule has 2 atom stereocenters. The van der Waals surface area contributed by atoms with E-state index in [0.29, 0.717) is 68.1 Å². The monoisotopic (exact) mass is 503 g/mol. The number of nitrogens with one attached hydrogen (secondary N) is 2. The lowest BCUT2D eigenvalue weighted by Crippen LogP contribution is -2.36. The average molecular weight is 504 g/mol. The van der Waals surface area contributed by atoms with E-state index in [1.807, 2.05) is 0 Å². The topological polar surface area (TPSA) is 120 Å². The lowest BCUT2D eigenvalue weighted by atomic mass is 9.85. The number of hydrogen-bond acceptors (Lipinski definition) is 7. The van der Waals surface area contributed by atoms with E-state index in [-0.39, 0.29) is 35.8 Å². The van der Waals surface area contributed by atoms with Crippen molar-refractivity contribution in [1.82, 2.24) is 19.5 Å². The molecule has 1 saturated heterocycles. The fourth-order valence-electron chi connectivity index (χ4n) is 5.05. The molecule has 4 N–H and O–H groups in total. The first kappa shape index (κ1) is 24.3. The van der Waals surface area contributed by atoms with Crippen LogP contribution in [0, 0.1) is 29.3 Å². The summed E-state index contributed by atoms with van der Waals surface area (Å²) in [7, 11) is 0. The standard InChI is InChI=1S/C24H28F3N7O2/c1-12-11-36-7-6-18(12)30-23-29-10-19-22(33-23)34(15-4-2-13(3-5-15)21(28)35)24(31-19)32-20-16(26)8-14(25)9-17(20)27/h8-10,12-13,15,18H,2-7,11H2,1H3,(H2,28,35)(H,31,32)(H,29,30,33)/t12-,13-,15-,18+/m1/s1. The molecule has 0 unspecified atom stereocenters. The molecule has 2 aliphatic rings. The van der Waals surface area contributed by atoms with Crippen molar-refractivity contribution in [3.63, 3.8) is 0 Å². The number of rotatable bonds is 6. The summed E-state index contributed by atoms with van der Waals surface area (Å²) in [4.78, 5) is 25.3. The SMILES string of the molecule is C[C@@H]1COCC[C@@H]1Nc1ncc2nc(Nc3c(F)cc(F)cc3F)n([C@H]3CC[C@H](C(N)=O)CC3)c2n1. The highest BCUT2D eigenvalue weighted by atomic mass is 19.1. The number of fused-ring (bicyclic) bond motifs is 1. The fourth-order valence-corrected chi connectivity index (χ4v) is 5.05. The molecule has 0 spiro atoms. The first-order valence-corrected chi connectivity index (χ1v) is 12.1. The Morgan fingerprint density at radius 1 is 1.11 bits per heavy atom. The minimum Gasteiger partial charge on any atom is -0.381 e. The van der Waals surface area contributed by atoms with Crippen molar-refractivity contribution < 1.29 is 22.7 Å². The van der Waals surface area contributed by atoms with Crippen molar-refractivity contribution in [1.29, 1.82) is 0 Å². The first-order chi connectivity index (χ1) is 17.3. The molecule has 2 aromatic heterocycles. The maximum absolute atomic E-state index is 14.4. The van der Waals surface area contributed by atoms with Gasteiger partial charge in [0.2, 0.25) is 17.8 Å². The van der Waals surface area contributed by atoms with Gasteiger partial charge in [-0.2, -0.15) is 4.98 Å². The summed E-state index contributed by atoms with van der Waals surface area (Å²) in [6.07, 6.45) is 4.73. The molecule has 9 nitrogen and oxygen atoms in total. The number of nitrogens with zero attached hydrogens (tertiary/aromatic N) is 4. The highest BCUT2D eigenvalue weighted by Gasteiger charge is 2.30. The molecule has 0 radical (unpaired) electrons. The average Bonchev–Trinajstić information content (AvgIpc) is 3.20. The van der Waals surface area contributed by atoms with Crippen molar-refractivity contribution in [3.05, 3.63) is 35.8 Å². The summed E-state index contributed by atoms with van der Waals surface area (Å²) in [5, 5.41) is 6.08. The van der Waals surface area contributed by atoms with Crippen LogP contribution in [0.3, 0.4) is 0 Å². The number of ether oxygens (including phenoxy) is 1. The molecule has 12 heteroatoms. The van der Waals surface area contributed by atoms with E-state index in [9.17, 15) is 18.0 Å². The molecule has 1 aliphatic carbocycles. The van der Waals surface area contributed by atoms with Gasteiger partial charge >= 0.3 is 0 Å². The molecule has 1 amide bonds. The Kier molecular flexibility index (Phi) is 6.69. The second-order valence-electron chi connectivity index (χ2n) is 9.58. The molecule has 0 bridgehead atoms. The Labute approximate surface area is 205 Å². The van der Waals surface area contributed by atoms with Gasteiger partial charge in [-0.25, -0.2) is 23.1 Å². The Morgan fingerprint density at radius 2 is 1.83 bits per heavy atom. The Bertz CT molecular complexity index is 1250. The van der Waals surface area contributed by atoms with Crippen LogP contribution in [-0.4, -0.2) is 44.7 Å². The largest absolute Gasteiger partial charge is 0.381 e. The lowest BCUT2D eigenvalue weighted by Gasteiger charge is -2.30. The van der Waals surface area contributed by atoms with Crippen molar-refractivity contribution >= 4 is 34.7 Å². The minimum absolute atomic E-state index is 0.138. The van der Waals surface area contributed by atoms with Crippen molar-refractivity contribution in [3.8, 4) is 0 Å². The first-order valence-electron chi connectivity index (χ1n) is 12.1. The van der Waals surface area contributed by atoms with E-state index < -0.39 is 23.1 Å². The van der Waals surface area contributed by atoms with Gasteiger partial charge < -0.3 is 21.1 Å². The zero-order valence-corrected chi connectivity index (χ0v) is 19.8. The Hall–Kier alpha value is -3.41. The van der Waals surface area contributed by atoms with Crippen molar-refractivity contribution in [2.75, 3.05) is 23.8 Å². The molecular weight excluding hydrogens is 475 g/mol. The van der Waals surface area contributed by atoms with E-state index in [2.05, 4.69) is 27.5 Å². The van der Waals surface area contributed by atoms with Crippen LogP contribution >= 0.6 is 0 Å². The van der Waals surface area contributed by atoms with E-state index in [0.717, 1.165) is 6.42 Å². The van der Waals surface area contributed by atoms with E-state index in [1.165, 1.54) is 0 Å². The maximum atomic E-state index is 14.4. The summed E-state index contributed by atoms with van der Waals surface area (Å²) in [5.41, 5.74) is 5.90. The number of carbonyl (C=O) groups is 1. The third-order valence-corrected chi connectivity index (χ3v) is 7.10. The third kappa shape index (κ3) is 4.81. The number of amides is 1. The molecule has 5 rings (SSSR count). The maximum Gasteiger partial charge on any atom is 0.224 e. The van der Waals surface area contributed by atoms with Gasteiger partial charge in [-0.1, -0.05) is 6.92 Å². The number of anilines is 3. The summed E-state index contributed by atoms with van der Waals surface area (Å²) in [6.45, 7) is 3.38. The number of hydrogen-bond donors (Lipinski definition) is 3. The number of nitrogens with two attached hydrogens (primary N) is 1. The summed E-state index contributed by atoms with van der Waals surface area (Å²) >= 11 is 0. The van der Waals surface area contributed by atoms with Gasteiger partial charge in [0.1, 0.15) is 17.0 Å². The number of aromatic nitrogens is 4. The smallest absolute Gasteiger partial charge is 0.224 e. The van der Waals surface area contributed by atoms with Crippen molar-refractivity contribution in [2.24, 2.45) is 17.6 Å². The third-order valence-electron chi connectivity index (χ3n) is 7.10. The number of carbonyl (C=O) groups excluding carboxylic acids is 1. The highest BCUT2D eigenvalue weighted by Crippen LogP contribution is 2.37. The molecule has 3 heterocycles. The van der Waals surface area contributed by atoms with Gasteiger partial charge in [0.15, 0.2) is 17.3 Å². The Balaban J connectivity index is 1.53. The molecule has 2 fully saturated rings. The predicted octanol–water partition coefficient (Wildman–Crippen LogP) is 4.04. The second-order valence-corrected chi connectivity index (χ2v) is 9.58. The van der Waals surface area contributed by atoms with Crippen molar-refractivity contribution in [2.45, 2.75) is 51.1 Å². The van der Waals surface area contributed by atoms with Crippen LogP contribution < -0.4 is 16.4 Å². The zero-order chi connectivity index (χ0) is 25.4. The van der Waals surface area contributed by atoms with Crippen LogP contribution in [0.15, 0.2) is 18.3 Å². The van der Waals surface area contributed by atoms with Gasteiger partial charge in [0, 0.05) is 36.7 Å². The summed E-state index contributed by atoms with van der Waals surface area (Å²) in [6, 6.07) is 1.20. The zero-order valence-electron chi connectivity index (χ0n) is 19.8. The highest BCUT2D eigenvalue weighted by molar-refractivity contribution is 5.78. The van der Waals surface area contributed by atoms with E-state index >= 15 is 0 Å². The molecule has 1 saturated carbocycles. The lowest BCUT2D eigenvalue weighted by molar-refractivity contribution is -0.122. The predicted molar refractivity (Wildman–Crippen MR) is 127 cm³/mol. The molecule has 1 aromatic carbocycles. The Morgan fingerprint density at radius 3 is 2.50 bits per heavy atom. The molecule has 3 aromatic rings. The molecule has 36 heavy (non-hydrogen) atoms. The number of imidazole rings is 1. The summed E-state index contributed by atoms with van der Waals surface area (Å²) in [5.74, 6) is -2.89. The van der Waals surface area contributed by atoms with E-state index in [4.69, 9.17) is 15.5 Å². The molecular formula is C24H28F3N7O2. The van der Waals surface area contributed by atoms with Crippen LogP contribution in [0.4, 0.5) is 30.8 Å². The normalized spacial score (nSPS) is 24.6. The van der Waals surface area contributed by atoms with Crippen LogP contribution in [-0.2, 0) is 9.53 Å². The van der Waals surface area contributed by atoms with Crippen LogP contribution in [0.1, 0.15) is 45.1 Å². The van der Waals surface area contributed by atoms with Gasteiger partial charge in [0.05, 0.1) is 12.8 Å². The second kappa shape index (κ2) is 9.92. The van der Waals surface area contributed by atoms with Gasteiger partial charge in [-0.15, -0.1) is 0 Å². The van der Waals surface area contributed by atoms with Gasteiger partial charge in [0.25, 0.3) is 0 Å². The van der Waals surface area contributed by atoms with Gasteiger partial charge in [-0.05, 0) is 38.0 Å². The van der Waals surface area contributed by atoms with Crippen LogP contribution in [0.25, 0.3) is 11.2 Å². The van der Waals surface area contributed by atoms with E-state index in [1.54, 1.807) is 10.8 Å². The van der Waals surface area contributed by atoms with Gasteiger partial charge in [-0.3, -0.25) is 9.36 Å². The number of halogens is 3. The number of benzene rings is 1. The fraction of sp³-hybridized carbons (Fsp3) is 0.500. The number of primary amides is 1.